The van der Waals surface area contributed by atoms with E-state index in [2.05, 4.69) is 18.7 Å². The van der Waals surface area contributed by atoms with Gasteiger partial charge in [-0.05, 0) is 23.7 Å². The molecule has 0 aromatic heterocycles. The standard InChI is InChI=1S/C14H24NO2.Li/c1-13(2)10-8-12(14(3,16)9-11(10)13)15-4-6-17-7-5-15;/h10-12H,4-9H2,1-3H3;/q-1;+1/t10-,11+,12?,14?;/m1./s1. The van der Waals surface area contributed by atoms with Gasteiger partial charge in [0.2, 0.25) is 0 Å². The minimum Gasteiger partial charge on any atom is -0.848 e. The number of nitrogens with zero attached hydrogens (tertiary/aromatic N) is 1. The van der Waals surface area contributed by atoms with Crippen LogP contribution in [0.4, 0.5) is 0 Å². The maximum atomic E-state index is 12.8. The van der Waals surface area contributed by atoms with Gasteiger partial charge >= 0.3 is 18.9 Å². The van der Waals surface area contributed by atoms with E-state index in [1.165, 1.54) is 0 Å². The average Bonchev–Trinajstić information content (AvgIpc) is 2.78. The molecule has 0 aromatic carbocycles. The van der Waals surface area contributed by atoms with E-state index in [1.807, 2.05) is 6.92 Å². The van der Waals surface area contributed by atoms with Gasteiger partial charge in [0.15, 0.2) is 0 Å². The van der Waals surface area contributed by atoms with E-state index in [-0.39, 0.29) is 24.9 Å². The van der Waals surface area contributed by atoms with Gasteiger partial charge in [0.25, 0.3) is 0 Å². The summed E-state index contributed by atoms with van der Waals surface area (Å²) in [4.78, 5) is 2.39. The van der Waals surface area contributed by atoms with Crippen LogP contribution in [0.15, 0.2) is 0 Å². The largest absolute Gasteiger partial charge is 1.00 e. The molecule has 1 saturated heterocycles. The van der Waals surface area contributed by atoms with Gasteiger partial charge in [-0.2, -0.15) is 0 Å². The van der Waals surface area contributed by atoms with Gasteiger partial charge in [-0.1, -0.05) is 27.2 Å². The molecule has 3 nitrogen and oxygen atoms in total. The van der Waals surface area contributed by atoms with Crippen LogP contribution >= 0.6 is 0 Å². The molecule has 0 amide bonds. The summed E-state index contributed by atoms with van der Waals surface area (Å²) in [6, 6.07) is 0.231. The Hall–Kier alpha value is 0.477. The fourth-order valence-corrected chi connectivity index (χ4v) is 4.22. The Morgan fingerprint density at radius 1 is 1.11 bits per heavy atom. The van der Waals surface area contributed by atoms with Crippen molar-refractivity contribution < 1.29 is 28.7 Å². The number of rotatable bonds is 1. The van der Waals surface area contributed by atoms with E-state index in [0.29, 0.717) is 11.3 Å². The van der Waals surface area contributed by atoms with Gasteiger partial charge in [0, 0.05) is 19.1 Å². The van der Waals surface area contributed by atoms with Crippen molar-refractivity contribution in [3.8, 4) is 0 Å². The van der Waals surface area contributed by atoms with Gasteiger partial charge in [0.05, 0.1) is 13.2 Å². The predicted molar refractivity (Wildman–Crippen MR) is 64.6 cm³/mol. The van der Waals surface area contributed by atoms with Crippen molar-refractivity contribution in [3.63, 3.8) is 0 Å². The number of hydrogen-bond donors (Lipinski definition) is 0. The molecule has 4 heteroatoms. The molecule has 18 heavy (non-hydrogen) atoms. The normalized spacial score (nSPS) is 47.0. The summed E-state index contributed by atoms with van der Waals surface area (Å²) < 4.78 is 5.39. The van der Waals surface area contributed by atoms with E-state index in [0.717, 1.165) is 45.1 Å². The summed E-state index contributed by atoms with van der Waals surface area (Å²) in [5, 5.41) is 12.8. The molecule has 1 heterocycles. The van der Waals surface area contributed by atoms with E-state index < -0.39 is 5.60 Å². The molecule has 1 aliphatic heterocycles. The van der Waals surface area contributed by atoms with E-state index in [4.69, 9.17) is 4.74 Å². The third kappa shape index (κ3) is 2.29. The van der Waals surface area contributed by atoms with Crippen molar-refractivity contribution in [1.29, 1.82) is 0 Å². The number of hydrogen-bond acceptors (Lipinski definition) is 3. The van der Waals surface area contributed by atoms with Crippen LogP contribution in [0.1, 0.15) is 33.6 Å². The molecular weight excluding hydrogens is 221 g/mol. The molecule has 2 aliphatic carbocycles. The van der Waals surface area contributed by atoms with Crippen LogP contribution in [-0.4, -0.2) is 42.8 Å². The van der Waals surface area contributed by atoms with E-state index >= 15 is 0 Å². The summed E-state index contributed by atoms with van der Waals surface area (Å²) in [6.07, 6.45) is 1.98. The molecule has 0 aromatic rings. The first kappa shape index (κ1) is 14.9. The molecule has 0 N–H and O–H groups in total. The van der Waals surface area contributed by atoms with Crippen LogP contribution < -0.4 is 24.0 Å². The summed E-state index contributed by atoms with van der Waals surface area (Å²) >= 11 is 0. The van der Waals surface area contributed by atoms with Gasteiger partial charge in [-0.3, -0.25) is 4.90 Å². The third-order valence-electron chi connectivity index (χ3n) is 5.58. The third-order valence-corrected chi connectivity index (χ3v) is 5.58. The molecule has 3 rings (SSSR count). The van der Waals surface area contributed by atoms with Gasteiger partial charge in [-0.25, -0.2) is 0 Å². The summed E-state index contributed by atoms with van der Waals surface area (Å²) in [5.41, 5.74) is -0.334. The van der Waals surface area contributed by atoms with E-state index in [1.54, 1.807) is 0 Å². The SMILES string of the molecule is CC1([O-])C[C@H]2[C@@H](CC1N1CCOCC1)C2(C)C.[Li+]. The van der Waals surface area contributed by atoms with Crippen molar-refractivity contribution in [2.45, 2.75) is 45.3 Å². The Bertz CT molecular complexity index is 313. The molecule has 3 fully saturated rings. The quantitative estimate of drug-likeness (QED) is 0.495. The minimum atomic E-state index is -0.758. The Morgan fingerprint density at radius 3 is 2.33 bits per heavy atom. The molecule has 0 bridgehead atoms. The maximum absolute atomic E-state index is 12.8. The fourth-order valence-electron chi connectivity index (χ4n) is 4.22. The number of ether oxygens (including phenoxy) is 1. The monoisotopic (exact) mass is 245 g/mol. The summed E-state index contributed by atoms with van der Waals surface area (Å²) in [5.74, 6) is 1.47. The Balaban J connectivity index is 0.00000120. The Morgan fingerprint density at radius 2 is 1.72 bits per heavy atom. The first-order valence-electron chi connectivity index (χ1n) is 6.95. The molecule has 0 spiro atoms. The maximum Gasteiger partial charge on any atom is 1.00 e. The van der Waals surface area contributed by atoms with Gasteiger partial charge in [-0.15, -0.1) is 5.60 Å². The molecule has 4 atom stereocenters. The van der Waals surface area contributed by atoms with Crippen LogP contribution in [0.25, 0.3) is 0 Å². The second kappa shape index (κ2) is 4.79. The van der Waals surface area contributed by atoms with Gasteiger partial charge in [0.1, 0.15) is 0 Å². The fraction of sp³-hybridized carbons (Fsp3) is 1.00. The Kier molecular flexibility index (Phi) is 3.96. The molecule has 0 radical (unpaired) electrons. The molecule has 2 saturated carbocycles. The molecule has 2 unspecified atom stereocenters. The second-order valence-electron chi connectivity index (χ2n) is 6.95. The summed E-state index contributed by atoms with van der Waals surface area (Å²) in [6.45, 7) is 10.1. The van der Waals surface area contributed by atoms with Crippen LogP contribution in [0.3, 0.4) is 0 Å². The van der Waals surface area contributed by atoms with Crippen LogP contribution in [0.2, 0.25) is 0 Å². The summed E-state index contributed by atoms with van der Waals surface area (Å²) in [7, 11) is 0. The average molecular weight is 245 g/mol. The predicted octanol–water partition coefficient (Wildman–Crippen LogP) is -2.12. The first-order chi connectivity index (χ1) is 7.93. The van der Waals surface area contributed by atoms with Crippen molar-refractivity contribution in [2.24, 2.45) is 17.3 Å². The zero-order chi connectivity index (χ0) is 12.3. The van der Waals surface area contributed by atoms with Crippen molar-refractivity contribution in [1.82, 2.24) is 4.90 Å². The topological polar surface area (TPSA) is 35.5 Å². The molecule has 98 valence electrons. The van der Waals surface area contributed by atoms with Crippen molar-refractivity contribution in [2.75, 3.05) is 26.3 Å². The molecule has 3 aliphatic rings. The zero-order valence-electron chi connectivity index (χ0n) is 12.2. The van der Waals surface area contributed by atoms with Crippen molar-refractivity contribution >= 4 is 0 Å². The number of morpholine rings is 1. The Labute approximate surface area is 122 Å². The van der Waals surface area contributed by atoms with E-state index in [9.17, 15) is 5.11 Å². The van der Waals surface area contributed by atoms with Crippen LogP contribution in [0, 0.1) is 17.3 Å². The van der Waals surface area contributed by atoms with Gasteiger partial charge < -0.3 is 9.84 Å². The smallest absolute Gasteiger partial charge is 0.848 e. The zero-order valence-corrected chi connectivity index (χ0v) is 12.2. The van der Waals surface area contributed by atoms with Crippen LogP contribution in [0.5, 0.6) is 0 Å². The minimum absolute atomic E-state index is 0. The number of fused-ring (bicyclic) bond motifs is 1. The van der Waals surface area contributed by atoms with Crippen LogP contribution in [-0.2, 0) is 4.74 Å². The van der Waals surface area contributed by atoms with Crippen molar-refractivity contribution in [3.05, 3.63) is 0 Å². The molecular formula is C14H24LiNO2. The first-order valence-corrected chi connectivity index (χ1v) is 6.95. The second-order valence-corrected chi connectivity index (χ2v) is 6.95.